The smallest absolute Gasteiger partial charge is 0.125 e. The molecule has 1 fully saturated rings. The predicted molar refractivity (Wildman–Crippen MR) is 86.2 cm³/mol. The van der Waals surface area contributed by atoms with Gasteiger partial charge in [-0.1, -0.05) is 18.2 Å². The molecular weight excluding hydrogens is 262 g/mol. The van der Waals surface area contributed by atoms with Crippen LogP contribution in [0.5, 0.6) is 5.75 Å². The quantitative estimate of drug-likeness (QED) is 0.812. The van der Waals surface area contributed by atoms with E-state index in [9.17, 15) is 0 Å². The fraction of sp³-hybridized carbons (Fsp3) is 0.667. The number of aryl methyl sites for hydroxylation is 2. The van der Waals surface area contributed by atoms with Crippen LogP contribution in [0, 0.1) is 13.8 Å². The van der Waals surface area contributed by atoms with Gasteiger partial charge >= 0.3 is 0 Å². The monoisotopic (exact) mass is 292 g/mol. The van der Waals surface area contributed by atoms with Crippen molar-refractivity contribution in [1.82, 2.24) is 0 Å². The van der Waals surface area contributed by atoms with Crippen molar-refractivity contribution >= 4 is 0 Å². The minimum Gasteiger partial charge on any atom is -0.493 e. The molecule has 1 aromatic rings. The van der Waals surface area contributed by atoms with Crippen LogP contribution in [0.3, 0.4) is 0 Å². The Morgan fingerprint density at radius 3 is 2.33 bits per heavy atom. The van der Waals surface area contributed by atoms with Gasteiger partial charge < -0.3 is 14.4 Å². The van der Waals surface area contributed by atoms with Gasteiger partial charge in [-0.3, -0.25) is 0 Å². The van der Waals surface area contributed by atoms with Gasteiger partial charge in [-0.15, -0.1) is 0 Å². The largest absolute Gasteiger partial charge is 0.493 e. The third-order valence-corrected chi connectivity index (χ3v) is 4.20. The normalized spacial score (nSPS) is 25.8. The summed E-state index contributed by atoms with van der Waals surface area (Å²) in [5, 5.41) is 0. The van der Waals surface area contributed by atoms with Gasteiger partial charge in [0.25, 0.3) is 0 Å². The number of hydrogen-bond acceptors (Lipinski definition) is 2. The molecule has 3 nitrogen and oxygen atoms in total. The Morgan fingerprint density at radius 1 is 1.10 bits per heavy atom. The van der Waals surface area contributed by atoms with Gasteiger partial charge in [0.2, 0.25) is 0 Å². The van der Waals surface area contributed by atoms with Crippen molar-refractivity contribution in [2.24, 2.45) is 0 Å². The second kappa shape index (κ2) is 7.81. The van der Waals surface area contributed by atoms with Crippen LogP contribution in [0.15, 0.2) is 18.2 Å². The van der Waals surface area contributed by atoms with Gasteiger partial charge in [0.15, 0.2) is 0 Å². The maximum atomic E-state index is 5.97. The predicted octanol–water partition coefficient (Wildman–Crippen LogP) is 2.15. The molecule has 0 amide bonds. The van der Waals surface area contributed by atoms with E-state index in [0.717, 1.165) is 31.9 Å². The van der Waals surface area contributed by atoms with E-state index >= 15 is 0 Å². The van der Waals surface area contributed by atoms with Gasteiger partial charge in [0, 0.05) is 0 Å². The molecule has 3 atom stereocenters. The average molecular weight is 292 g/mol. The van der Waals surface area contributed by atoms with Crippen LogP contribution in [0.1, 0.15) is 37.8 Å². The van der Waals surface area contributed by atoms with Gasteiger partial charge in [-0.2, -0.15) is 0 Å². The molecule has 1 heterocycles. The molecule has 1 aliphatic rings. The molecular formula is C18H30NO2+. The molecule has 0 spiro atoms. The maximum Gasteiger partial charge on any atom is 0.125 e. The van der Waals surface area contributed by atoms with E-state index in [2.05, 4.69) is 45.9 Å². The third kappa shape index (κ3) is 5.01. The molecule has 1 N–H and O–H groups in total. The van der Waals surface area contributed by atoms with Crippen molar-refractivity contribution in [2.45, 2.75) is 52.7 Å². The number of rotatable bonds is 6. The summed E-state index contributed by atoms with van der Waals surface area (Å²) in [6.07, 6.45) is 3.14. The number of quaternary nitrogens is 1. The highest BCUT2D eigenvalue weighted by Gasteiger charge is 2.24. The van der Waals surface area contributed by atoms with Crippen LogP contribution in [0.4, 0.5) is 0 Å². The van der Waals surface area contributed by atoms with Gasteiger partial charge in [0.1, 0.15) is 31.0 Å². The number of hydrogen-bond donors (Lipinski definition) is 1. The maximum absolute atomic E-state index is 5.97. The summed E-state index contributed by atoms with van der Waals surface area (Å²) in [5.41, 5.74) is 2.47. The first-order valence-electron chi connectivity index (χ1n) is 8.24. The Bertz CT molecular complexity index is 417. The second-order valence-corrected chi connectivity index (χ2v) is 6.44. The zero-order chi connectivity index (χ0) is 15.2. The lowest BCUT2D eigenvalue weighted by atomic mass is 10.1. The van der Waals surface area contributed by atoms with Crippen LogP contribution in [-0.2, 0) is 4.74 Å². The molecule has 1 saturated heterocycles. The lowest BCUT2D eigenvalue weighted by Crippen LogP contribution is -3.15. The van der Waals surface area contributed by atoms with Crippen molar-refractivity contribution in [3.05, 3.63) is 29.3 Å². The second-order valence-electron chi connectivity index (χ2n) is 6.44. The summed E-state index contributed by atoms with van der Waals surface area (Å²) in [4.78, 5) is 1.67. The lowest BCUT2D eigenvalue weighted by molar-refractivity contribution is -0.915. The molecule has 1 aliphatic heterocycles. The fourth-order valence-electron chi connectivity index (χ4n) is 3.27. The zero-order valence-corrected chi connectivity index (χ0v) is 13.9. The Kier molecular flexibility index (Phi) is 6.07. The first-order chi connectivity index (χ1) is 10.1. The van der Waals surface area contributed by atoms with Crippen LogP contribution in [0.2, 0.25) is 0 Å². The number of para-hydroxylation sites is 1. The van der Waals surface area contributed by atoms with Crippen molar-refractivity contribution in [2.75, 3.05) is 26.2 Å². The number of ether oxygens (including phenoxy) is 2. The lowest BCUT2D eigenvalue weighted by Gasteiger charge is -2.32. The number of unbranched alkanes of at least 4 members (excludes halogenated alkanes) is 1. The summed E-state index contributed by atoms with van der Waals surface area (Å²) in [5.74, 6) is 1.07. The highest BCUT2D eigenvalue weighted by atomic mass is 16.5. The first kappa shape index (κ1) is 16.3. The highest BCUT2D eigenvalue weighted by Crippen LogP contribution is 2.22. The summed E-state index contributed by atoms with van der Waals surface area (Å²) >= 11 is 0. The summed E-state index contributed by atoms with van der Waals surface area (Å²) < 4.78 is 11.7. The SMILES string of the molecule is Cc1cccc(C)c1OCCCC[NH+]1C[C@@H](C)O[C@@H](C)C1. The van der Waals surface area contributed by atoms with Crippen LogP contribution in [0.25, 0.3) is 0 Å². The Morgan fingerprint density at radius 2 is 1.71 bits per heavy atom. The van der Waals surface area contributed by atoms with E-state index < -0.39 is 0 Å². The van der Waals surface area contributed by atoms with E-state index in [1.807, 2.05) is 0 Å². The molecule has 0 radical (unpaired) electrons. The van der Waals surface area contributed by atoms with Crippen molar-refractivity contribution < 1.29 is 14.4 Å². The molecule has 3 heteroatoms. The molecule has 21 heavy (non-hydrogen) atoms. The molecule has 0 bridgehead atoms. The minimum atomic E-state index is 0.398. The van der Waals surface area contributed by atoms with Crippen molar-refractivity contribution in [1.29, 1.82) is 0 Å². The Hall–Kier alpha value is -1.06. The van der Waals surface area contributed by atoms with E-state index in [-0.39, 0.29) is 0 Å². The first-order valence-corrected chi connectivity index (χ1v) is 8.24. The molecule has 2 rings (SSSR count). The van der Waals surface area contributed by atoms with Gasteiger partial charge in [-0.05, 0) is 51.7 Å². The fourth-order valence-corrected chi connectivity index (χ4v) is 3.27. The Labute approximate surface area is 129 Å². The van der Waals surface area contributed by atoms with Crippen molar-refractivity contribution in [3.8, 4) is 5.75 Å². The average Bonchev–Trinajstić information content (AvgIpc) is 2.40. The topological polar surface area (TPSA) is 22.9 Å². The number of nitrogens with one attached hydrogen (secondary N) is 1. The molecule has 1 unspecified atom stereocenters. The minimum absolute atomic E-state index is 0.398. The van der Waals surface area contributed by atoms with Gasteiger partial charge in [-0.25, -0.2) is 0 Å². The summed E-state index contributed by atoms with van der Waals surface area (Å²) in [7, 11) is 0. The van der Waals surface area contributed by atoms with E-state index in [1.54, 1.807) is 4.90 Å². The molecule has 0 aliphatic carbocycles. The van der Waals surface area contributed by atoms with E-state index in [1.165, 1.54) is 24.1 Å². The third-order valence-electron chi connectivity index (χ3n) is 4.20. The van der Waals surface area contributed by atoms with E-state index in [0.29, 0.717) is 12.2 Å². The summed E-state index contributed by atoms with van der Waals surface area (Å²) in [6.45, 7) is 12.9. The molecule has 118 valence electrons. The van der Waals surface area contributed by atoms with Crippen LogP contribution >= 0.6 is 0 Å². The van der Waals surface area contributed by atoms with Crippen LogP contribution in [-0.4, -0.2) is 38.4 Å². The zero-order valence-electron chi connectivity index (χ0n) is 13.9. The Balaban J connectivity index is 1.66. The van der Waals surface area contributed by atoms with Crippen LogP contribution < -0.4 is 9.64 Å². The number of benzene rings is 1. The van der Waals surface area contributed by atoms with E-state index in [4.69, 9.17) is 9.47 Å². The molecule has 0 aromatic heterocycles. The highest BCUT2D eigenvalue weighted by molar-refractivity contribution is 5.39. The van der Waals surface area contributed by atoms with Crippen molar-refractivity contribution in [3.63, 3.8) is 0 Å². The summed E-state index contributed by atoms with van der Waals surface area (Å²) in [6, 6.07) is 6.31. The van der Waals surface area contributed by atoms with Gasteiger partial charge in [0.05, 0.1) is 13.2 Å². The standard InChI is InChI=1S/C18H29NO2/c1-14-8-7-9-15(2)18(14)20-11-6-5-10-19-12-16(3)21-17(4)13-19/h7-9,16-17H,5-6,10-13H2,1-4H3/p+1/t16-,17+. The number of morpholine rings is 1. The molecule has 1 aromatic carbocycles. The molecule has 0 saturated carbocycles.